The summed E-state index contributed by atoms with van der Waals surface area (Å²) in [6.45, 7) is 1.99. The Morgan fingerprint density at radius 3 is 2.88 bits per heavy atom. The van der Waals surface area contributed by atoms with Gasteiger partial charge in [0.25, 0.3) is 0 Å². The average Bonchev–Trinajstić information content (AvgIpc) is 2.68. The molecule has 0 aliphatic heterocycles. The molecule has 1 heterocycles. The second-order valence-electron chi connectivity index (χ2n) is 3.51. The molecule has 0 bridgehead atoms. The Balaban J connectivity index is 2.46. The summed E-state index contributed by atoms with van der Waals surface area (Å²) < 4.78 is 0. The molecule has 5 heteroatoms. The lowest BCUT2D eigenvalue weighted by atomic mass is 10.1. The van der Waals surface area contributed by atoms with E-state index in [0.717, 1.165) is 22.5 Å². The zero-order chi connectivity index (χ0) is 11.5. The number of anilines is 1. The summed E-state index contributed by atoms with van der Waals surface area (Å²) in [5.74, 6) is 0. The molecule has 1 aromatic carbocycles. The number of nitrogens with zero attached hydrogens (tertiary/aromatic N) is 3. The van der Waals surface area contributed by atoms with Crippen molar-refractivity contribution in [2.45, 2.75) is 6.92 Å². The molecule has 82 valence electrons. The maximum Gasteiger partial charge on any atom is 0.211 e. The second kappa shape index (κ2) is 4.14. The molecule has 2 rings (SSSR count). The first-order valence-electron chi connectivity index (χ1n) is 4.88. The zero-order valence-electron chi connectivity index (χ0n) is 9.14. The summed E-state index contributed by atoms with van der Waals surface area (Å²) in [6.07, 6.45) is 2.36. The highest BCUT2D eigenvalue weighted by Gasteiger charge is 2.06. The van der Waals surface area contributed by atoms with Crippen LogP contribution >= 0.6 is 0 Å². The third-order valence-corrected chi connectivity index (χ3v) is 2.34. The van der Waals surface area contributed by atoms with Gasteiger partial charge in [-0.05, 0) is 24.6 Å². The maximum absolute atomic E-state index is 10.4. The van der Waals surface area contributed by atoms with Crippen LogP contribution in [0.25, 0.3) is 11.3 Å². The summed E-state index contributed by atoms with van der Waals surface area (Å²) >= 11 is 0. The standard InChI is InChI=1S/C11H12N4O/c1-8-3-4-9(12-7-16)5-10(8)11-6-13-15(2)14-11/h3-7H,1-2H3,(H,12,16). The van der Waals surface area contributed by atoms with Gasteiger partial charge in [0.15, 0.2) is 0 Å². The van der Waals surface area contributed by atoms with E-state index < -0.39 is 0 Å². The molecule has 0 spiro atoms. The smallest absolute Gasteiger partial charge is 0.211 e. The van der Waals surface area contributed by atoms with Gasteiger partial charge >= 0.3 is 0 Å². The molecule has 16 heavy (non-hydrogen) atoms. The molecule has 1 aromatic heterocycles. The molecule has 0 aliphatic rings. The van der Waals surface area contributed by atoms with Crippen LogP contribution in [0.4, 0.5) is 5.69 Å². The summed E-state index contributed by atoms with van der Waals surface area (Å²) in [4.78, 5) is 11.9. The first kappa shape index (κ1) is 10.4. The fraction of sp³-hybridized carbons (Fsp3) is 0.182. The van der Waals surface area contributed by atoms with Crippen molar-refractivity contribution >= 4 is 12.1 Å². The van der Waals surface area contributed by atoms with Crippen LogP contribution in [-0.4, -0.2) is 21.4 Å². The zero-order valence-corrected chi connectivity index (χ0v) is 9.14. The normalized spacial score (nSPS) is 10.1. The van der Waals surface area contributed by atoms with E-state index in [4.69, 9.17) is 0 Å². The molecule has 0 saturated carbocycles. The van der Waals surface area contributed by atoms with E-state index in [1.807, 2.05) is 25.1 Å². The van der Waals surface area contributed by atoms with E-state index in [0.29, 0.717) is 6.41 Å². The van der Waals surface area contributed by atoms with Crippen molar-refractivity contribution in [1.82, 2.24) is 15.0 Å². The second-order valence-corrected chi connectivity index (χ2v) is 3.51. The average molecular weight is 216 g/mol. The summed E-state index contributed by atoms with van der Waals surface area (Å²) in [5, 5.41) is 10.9. The molecule has 0 radical (unpaired) electrons. The Hall–Kier alpha value is -2.17. The molecule has 0 aliphatic carbocycles. The minimum atomic E-state index is 0.658. The maximum atomic E-state index is 10.4. The van der Waals surface area contributed by atoms with Crippen LogP contribution in [0.5, 0.6) is 0 Å². The van der Waals surface area contributed by atoms with Crippen LogP contribution in [0, 0.1) is 6.92 Å². The molecule has 5 nitrogen and oxygen atoms in total. The largest absolute Gasteiger partial charge is 0.329 e. The minimum Gasteiger partial charge on any atom is -0.329 e. The quantitative estimate of drug-likeness (QED) is 0.788. The molecule has 0 atom stereocenters. The van der Waals surface area contributed by atoms with Gasteiger partial charge in [-0.1, -0.05) is 6.07 Å². The molecule has 0 fully saturated rings. The van der Waals surface area contributed by atoms with E-state index in [1.165, 1.54) is 4.80 Å². The van der Waals surface area contributed by atoms with Crippen molar-refractivity contribution in [2.75, 3.05) is 5.32 Å². The van der Waals surface area contributed by atoms with Crippen molar-refractivity contribution < 1.29 is 4.79 Å². The SMILES string of the molecule is Cc1ccc(NC=O)cc1-c1cnn(C)n1. The fourth-order valence-electron chi connectivity index (χ4n) is 1.52. The summed E-state index contributed by atoms with van der Waals surface area (Å²) in [7, 11) is 1.77. The number of hydrogen-bond acceptors (Lipinski definition) is 3. The summed E-state index contributed by atoms with van der Waals surface area (Å²) in [5.41, 5.74) is 3.62. The first-order valence-corrected chi connectivity index (χ1v) is 4.88. The van der Waals surface area contributed by atoms with E-state index >= 15 is 0 Å². The number of rotatable bonds is 3. The minimum absolute atomic E-state index is 0.658. The number of hydrogen-bond donors (Lipinski definition) is 1. The Bertz CT molecular complexity index is 518. The van der Waals surface area contributed by atoms with Crippen molar-refractivity contribution in [3.8, 4) is 11.3 Å². The fourth-order valence-corrected chi connectivity index (χ4v) is 1.52. The number of amides is 1. The molecular formula is C11H12N4O. The Morgan fingerprint density at radius 1 is 1.44 bits per heavy atom. The van der Waals surface area contributed by atoms with Gasteiger partial charge in [-0.3, -0.25) is 4.79 Å². The van der Waals surface area contributed by atoms with Gasteiger partial charge in [0.1, 0.15) is 5.69 Å². The van der Waals surface area contributed by atoms with E-state index in [2.05, 4.69) is 15.5 Å². The molecule has 2 aromatic rings. The predicted molar refractivity (Wildman–Crippen MR) is 60.9 cm³/mol. The lowest BCUT2D eigenvalue weighted by Crippen LogP contribution is -1.96. The van der Waals surface area contributed by atoms with Crippen LogP contribution in [0.3, 0.4) is 0 Å². The van der Waals surface area contributed by atoms with Gasteiger partial charge in [-0.15, -0.1) is 0 Å². The van der Waals surface area contributed by atoms with Gasteiger partial charge in [0, 0.05) is 18.3 Å². The van der Waals surface area contributed by atoms with Crippen molar-refractivity contribution in [2.24, 2.45) is 7.05 Å². The van der Waals surface area contributed by atoms with Gasteiger partial charge in [-0.25, -0.2) is 0 Å². The molecule has 1 amide bonds. The van der Waals surface area contributed by atoms with Crippen molar-refractivity contribution in [1.29, 1.82) is 0 Å². The van der Waals surface area contributed by atoms with Gasteiger partial charge in [-0.2, -0.15) is 15.0 Å². The van der Waals surface area contributed by atoms with Crippen LogP contribution in [-0.2, 0) is 11.8 Å². The van der Waals surface area contributed by atoms with Crippen LogP contribution in [0.15, 0.2) is 24.4 Å². The molecular weight excluding hydrogens is 204 g/mol. The lowest BCUT2D eigenvalue weighted by molar-refractivity contribution is -0.105. The Morgan fingerprint density at radius 2 is 2.25 bits per heavy atom. The Labute approximate surface area is 93.1 Å². The Kier molecular flexibility index (Phi) is 2.68. The topological polar surface area (TPSA) is 59.8 Å². The van der Waals surface area contributed by atoms with Crippen LogP contribution in [0.2, 0.25) is 0 Å². The van der Waals surface area contributed by atoms with E-state index in [9.17, 15) is 4.79 Å². The monoisotopic (exact) mass is 216 g/mol. The number of benzene rings is 1. The highest BCUT2D eigenvalue weighted by Crippen LogP contribution is 2.24. The molecule has 0 unspecified atom stereocenters. The summed E-state index contributed by atoms with van der Waals surface area (Å²) in [6, 6.07) is 5.67. The number of nitrogens with one attached hydrogen (secondary N) is 1. The van der Waals surface area contributed by atoms with E-state index in [1.54, 1.807) is 13.2 Å². The number of carbonyl (C=O) groups is 1. The highest BCUT2D eigenvalue weighted by atomic mass is 16.1. The van der Waals surface area contributed by atoms with Crippen molar-refractivity contribution in [3.63, 3.8) is 0 Å². The third kappa shape index (κ3) is 1.93. The molecule has 0 saturated heterocycles. The number of aromatic nitrogens is 3. The molecule has 1 N–H and O–H groups in total. The third-order valence-electron chi connectivity index (χ3n) is 2.34. The lowest BCUT2D eigenvalue weighted by Gasteiger charge is -2.05. The van der Waals surface area contributed by atoms with Gasteiger partial charge < -0.3 is 5.32 Å². The van der Waals surface area contributed by atoms with Gasteiger partial charge in [0.2, 0.25) is 6.41 Å². The van der Waals surface area contributed by atoms with Crippen molar-refractivity contribution in [3.05, 3.63) is 30.0 Å². The highest BCUT2D eigenvalue weighted by molar-refractivity contribution is 5.76. The van der Waals surface area contributed by atoms with Crippen LogP contribution in [0.1, 0.15) is 5.56 Å². The number of aryl methyl sites for hydroxylation is 2. The van der Waals surface area contributed by atoms with Gasteiger partial charge in [0.05, 0.1) is 6.20 Å². The first-order chi connectivity index (χ1) is 7.70. The van der Waals surface area contributed by atoms with Crippen LogP contribution < -0.4 is 5.32 Å². The predicted octanol–water partition coefficient (Wildman–Crippen LogP) is 1.36. The van der Waals surface area contributed by atoms with E-state index in [-0.39, 0.29) is 0 Å². The number of carbonyl (C=O) groups excluding carboxylic acids is 1.